The molecule has 7 heteroatoms. The molecule has 0 amide bonds. The van der Waals surface area contributed by atoms with E-state index in [4.69, 9.17) is 0 Å². The number of pyridine rings is 1. The van der Waals surface area contributed by atoms with Crippen LogP contribution in [0.5, 0.6) is 0 Å². The molecule has 1 aliphatic heterocycles. The molecule has 0 spiro atoms. The third-order valence-electron chi connectivity index (χ3n) is 6.83. The molecule has 2 aliphatic rings. The summed E-state index contributed by atoms with van der Waals surface area (Å²) in [4.78, 5) is 4.67. The molecule has 0 unspecified atom stereocenters. The normalized spacial score (nSPS) is 21.3. The maximum atomic E-state index is 11.9. The molecule has 1 fully saturated rings. The van der Waals surface area contributed by atoms with Crippen LogP contribution in [-0.2, 0) is 29.2 Å². The molecule has 3 aromatic rings. The Bertz CT molecular complexity index is 1230. The van der Waals surface area contributed by atoms with Gasteiger partial charge in [0.25, 0.3) is 0 Å². The lowest BCUT2D eigenvalue weighted by Gasteiger charge is -2.20. The molecule has 0 radical (unpaired) electrons. The van der Waals surface area contributed by atoms with Gasteiger partial charge in [-0.1, -0.05) is 18.2 Å². The van der Waals surface area contributed by atoms with Crippen LogP contribution in [0.15, 0.2) is 30.5 Å². The maximum Gasteiger partial charge on any atom is 0.158 e. The van der Waals surface area contributed by atoms with Gasteiger partial charge < -0.3 is 5.32 Å². The lowest BCUT2D eigenvalue weighted by molar-refractivity contribution is 0.509. The highest BCUT2D eigenvalue weighted by molar-refractivity contribution is 7.91. The molecule has 1 N–H and O–H groups in total. The van der Waals surface area contributed by atoms with Gasteiger partial charge in [-0.25, -0.2) is 18.1 Å². The summed E-state index contributed by atoms with van der Waals surface area (Å²) in [7, 11) is -2.96. The Kier molecular flexibility index (Phi) is 5.34. The van der Waals surface area contributed by atoms with Crippen LogP contribution in [0.2, 0.25) is 0 Å². The predicted octanol–water partition coefficient (Wildman–Crippen LogP) is 3.83. The van der Waals surface area contributed by atoms with Gasteiger partial charge in [0.15, 0.2) is 15.5 Å². The summed E-state index contributed by atoms with van der Waals surface area (Å²) in [5, 5.41) is 9.27. The molecule has 2 aromatic heterocycles. The van der Waals surface area contributed by atoms with E-state index in [-0.39, 0.29) is 23.6 Å². The number of sulfone groups is 1. The zero-order valence-corrected chi connectivity index (χ0v) is 19.1. The van der Waals surface area contributed by atoms with Crippen molar-refractivity contribution in [3.05, 3.63) is 58.4 Å². The van der Waals surface area contributed by atoms with Crippen LogP contribution in [-0.4, -0.2) is 34.7 Å². The van der Waals surface area contributed by atoms with Crippen molar-refractivity contribution in [1.82, 2.24) is 20.1 Å². The third-order valence-corrected chi connectivity index (χ3v) is 8.58. The largest absolute Gasteiger partial charge is 0.306 e. The fourth-order valence-electron chi connectivity index (χ4n) is 4.94. The van der Waals surface area contributed by atoms with Crippen LogP contribution < -0.4 is 5.32 Å². The van der Waals surface area contributed by atoms with Crippen LogP contribution in [0.1, 0.15) is 66.2 Å². The number of nitrogens with one attached hydrogen (secondary N) is 1. The minimum atomic E-state index is -2.96. The van der Waals surface area contributed by atoms with Crippen molar-refractivity contribution in [2.75, 3.05) is 11.5 Å². The van der Waals surface area contributed by atoms with Gasteiger partial charge in [-0.2, -0.15) is 5.10 Å². The van der Waals surface area contributed by atoms with Gasteiger partial charge in [0.2, 0.25) is 0 Å². The minimum absolute atomic E-state index is 0.110. The number of benzene rings is 1. The first-order chi connectivity index (χ1) is 14.9. The minimum Gasteiger partial charge on any atom is -0.306 e. The summed E-state index contributed by atoms with van der Waals surface area (Å²) in [6.45, 7) is 4.90. The van der Waals surface area contributed by atoms with E-state index in [2.05, 4.69) is 46.6 Å². The van der Waals surface area contributed by atoms with Crippen LogP contribution in [0.4, 0.5) is 0 Å². The van der Waals surface area contributed by atoms with E-state index in [0.29, 0.717) is 6.42 Å². The summed E-state index contributed by atoms with van der Waals surface area (Å²) in [5.41, 5.74) is 7.15. The number of aryl methyl sites for hydroxylation is 3. The van der Waals surface area contributed by atoms with E-state index < -0.39 is 9.84 Å². The summed E-state index contributed by atoms with van der Waals surface area (Å²) < 4.78 is 25.6. The highest BCUT2D eigenvalue weighted by Crippen LogP contribution is 2.28. The summed E-state index contributed by atoms with van der Waals surface area (Å²) in [6.07, 6.45) is 7.51. The van der Waals surface area contributed by atoms with Crippen LogP contribution in [0.25, 0.3) is 11.0 Å². The van der Waals surface area contributed by atoms with Crippen molar-refractivity contribution >= 4 is 20.9 Å². The molecule has 1 saturated heterocycles. The van der Waals surface area contributed by atoms with E-state index in [0.717, 1.165) is 28.8 Å². The first-order valence-corrected chi connectivity index (χ1v) is 13.1. The lowest BCUT2D eigenvalue weighted by Crippen LogP contribution is -2.19. The summed E-state index contributed by atoms with van der Waals surface area (Å²) in [6, 6.07) is 9.22. The molecule has 1 aromatic carbocycles. The van der Waals surface area contributed by atoms with E-state index in [1.807, 2.05) is 17.8 Å². The van der Waals surface area contributed by atoms with Gasteiger partial charge in [-0.15, -0.1) is 0 Å². The SMILES string of the molecule is Cc1nn([C@@H]2CCS(=O)(=O)C2)c2ncc(CN[C@@H](C)c3ccc4c(c3)CCCC4)cc12. The second kappa shape index (κ2) is 8.02. The van der Waals surface area contributed by atoms with E-state index in [9.17, 15) is 8.42 Å². The Labute approximate surface area is 184 Å². The van der Waals surface area contributed by atoms with Gasteiger partial charge >= 0.3 is 0 Å². The van der Waals surface area contributed by atoms with Crippen LogP contribution >= 0.6 is 0 Å². The van der Waals surface area contributed by atoms with Gasteiger partial charge in [-0.3, -0.25) is 0 Å². The smallest absolute Gasteiger partial charge is 0.158 e. The van der Waals surface area contributed by atoms with Crippen molar-refractivity contribution in [3.8, 4) is 0 Å². The zero-order chi connectivity index (χ0) is 21.6. The van der Waals surface area contributed by atoms with Gasteiger partial charge in [0.1, 0.15) is 0 Å². The average Bonchev–Trinajstić information content (AvgIpc) is 3.30. The van der Waals surface area contributed by atoms with E-state index in [1.165, 1.54) is 42.4 Å². The van der Waals surface area contributed by atoms with Gasteiger partial charge in [0.05, 0.1) is 23.2 Å². The number of hydrogen-bond acceptors (Lipinski definition) is 5. The lowest BCUT2D eigenvalue weighted by atomic mass is 9.89. The second-order valence-electron chi connectivity index (χ2n) is 9.14. The maximum absolute atomic E-state index is 11.9. The summed E-state index contributed by atoms with van der Waals surface area (Å²) in [5.74, 6) is 0.396. The highest BCUT2D eigenvalue weighted by Gasteiger charge is 2.31. The van der Waals surface area contributed by atoms with Crippen molar-refractivity contribution in [2.24, 2.45) is 0 Å². The fraction of sp³-hybridized carbons (Fsp3) is 0.500. The van der Waals surface area contributed by atoms with Gasteiger partial charge in [-0.05, 0) is 74.3 Å². The Hall–Kier alpha value is -2.25. The molecule has 5 rings (SSSR count). The number of fused-ring (bicyclic) bond motifs is 2. The van der Waals surface area contributed by atoms with Crippen molar-refractivity contribution in [3.63, 3.8) is 0 Å². The average molecular weight is 439 g/mol. The molecular weight excluding hydrogens is 408 g/mol. The molecule has 3 heterocycles. The number of hydrogen-bond donors (Lipinski definition) is 1. The predicted molar refractivity (Wildman–Crippen MR) is 123 cm³/mol. The fourth-order valence-corrected chi connectivity index (χ4v) is 6.64. The number of rotatable bonds is 5. The standard InChI is InChI=1S/C24H30N4O2S/c1-16(20-8-7-19-5-3-4-6-21(19)12-20)25-13-18-11-23-17(2)27-28(24(23)26-14-18)22-9-10-31(29,30)15-22/h7-8,11-12,14,16,22,25H,3-6,9-10,13,15H2,1-2H3/t16-,22+/m0/s1. The Balaban J connectivity index is 1.31. The van der Waals surface area contributed by atoms with E-state index >= 15 is 0 Å². The second-order valence-corrected chi connectivity index (χ2v) is 11.4. The number of nitrogens with zero attached hydrogens (tertiary/aromatic N) is 3. The molecule has 0 saturated carbocycles. The molecule has 1 aliphatic carbocycles. The quantitative estimate of drug-likeness (QED) is 0.655. The molecular formula is C24H30N4O2S. The summed E-state index contributed by atoms with van der Waals surface area (Å²) >= 11 is 0. The molecule has 6 nitrogen and oxygen atoms in total. The van der Waals surface area contributed by atoms with Crippen LogP contribution in [0, 0.1) is 6.92 Å². The first-order valence-electron chi connectivity index (χ1n) is 11.3. The highest BCUT2D eigenvalue weighted by atomic mass is 32.2. The number of aromatic nitrogens is 3. The molecule has 0 bridgehead atoms. The van der Waals surface area contributed by atoms with Crippen molar-refractivity contribution < 1.29 is 8.42 Å². The van der Waals surface area contributed by atoms with E-state index in [1.54, 1.807) is 0 Å². The Morgan fingerprint density at radius 1 is 1.19 bits per heavy atom. The molecule has 164 valence electrons. The zero-order valence-electron chi connectivity index (χ0n) is 18.3. The monoisotopic (exact) mass is 438 g/mol. The third kappa shape index (κ3) is 4.13. The molecule has 2 atom stereocenters. The van der Waals surface area contributed by atoms with Gasteiger partial charge in [0, 0.05) is 24.2 Å². The van der Waals surface area contributed by atoms with Crippen LogP contribution in [0.3, 0.4) is 0 Å². The molecule has 31 heavy (non-hydrogen) atoms. The van der Waals surface area contributed by atoms with Crippen molar-refractivity contribution in [2.45, 2.75) is 64.6 Å². The first kappa shape index (κ1) is 20.6. The Morgan fingerprint density at radius 3 is 2.77 bits per heavy atom. The van der Waals surface area contributed by atoms with Crippen molar-refractivity contribution in [1.29, 1.82) is 0 Å². The topological polar surface area (TPSA) is 76.9 Å². The Morgan fingerprint density at radius 2 is 2.00 bits per heavy atom.